The fraction of sp³-hybridized carbons (Fsp3) is 0.222. The highest BCUT2D eigenvalue weighted by atomic mass is 16.4. The van der Waals surface area contributed by atoms with Gasteiger partial charge in [-0.15, -0.1) is 0 Å². The topological polar surface area (TPSA) is 84.2 Å². The number of carboxylic acids is 1. The van der Waals surface area contributed by atoms with Crippen LogP contribution in [0.2, 0.25) is 0 Å². The third-order valence-electron chi connectivity index (χ3n) is 6.31. The fourth-order valence-electron chi connectivity index (χ4n) is 4.65. The molecule has 166 valence electrons. The van der Waals surface area contributed by atoms with E-state index in [1.54, 1.807) is 18.2 Å². The maximum atomic E-state index is 12.8. The minimum Gasteiger partial charge on any atom is -0.478 e. The van der Waals surface area contributed by atoms with Crippen molar-refractivity contribution in [2.45, 2.75) is 38.3 Å². The molecule has 1 saturated carbocycles. The minimum atomic E-state index is -0.967. The number of aromatic nitrogens is 2. The molecule has 1 amide bonds. The van der Waals surface area contributed by atoms with Crippen LogP contribution < -0.4 is 5.32 Å². The molecule has 0 spiro atoms. The molecule has 6 nitrogen and oxygen atoms in total. The number of nitrogens with one attached hydrogen (secondary N) is 1. The van der Waals surface area contributed by atoms with Crippen LogP contribution in [0.15, 0.2) is 72.8 Å². The van der Waals surface area contributed by atoms with Gasteiger partial charge < -0.3 is 15.0 Å². The Labute approximate surface area is 191 Å². The zero-order chi connectivity index (χ0) is 22.8. The molecule has 0 aliphatic heterocycles. The van der Waals surface area contributed by atoms with Crippen LogP contribution in [0.4, 0.5) is 0 Å². The Bertz CT molecular complexity index is 1320. The van der Waals surface area contributed by atoms with Crippen LogP contribution in [0.5, 0.6) is 0 Å². The predicted molar refractivity (Wildman–Crippen MR) is 127 cm³/mol. The van der Waals surface area contributed by atoms with Gasteiger partial charge >= 0.3 is 5.97 Å². The summed E-state index contributed by atoms with van der Waals surface area (Å²) in [7, 11) is 0. The van der Waals surface area contributed by atoms with Crippen LogP contribution in [0.25, 0.3) is 22.4 Å². The van der Waals surface area contributed by atoms with E-state index in [4.69, 9.17) is 4.98 Å². The monoisotopic (exact) mass is 439 g/mol. The highest BCUT2D eigenvalue weighted by molar-refractivity contribution is 5.96. The Morgan fingerprint density at radius 2 is 1.73 bits per heavy atom. The van der Waals surface area contributed by atoms with Gasteiger partial charge in [-0.3, -0.25) is 4.79 Å². The summed E-state index contributed by atoms with van der Waals surface area (Å²) < 4.78 is 2.23. The number of imidazole rings is 1. The van der Waals surface area contributed by atoms with E-state index in [0.29, 0.717) is 23.7 Å². The molecule has 1 aliphatic rings. The van der Waals surface area contributed by atoms with Crippen molar-refractivity contribution in [1.29, 1.82) is 0 Å². The lowest BCUT2D eigenvalue weighted by molar-refractivity contribution is 0.0696. The average Bonchev–Trinajstić information content (AvgIpc) is 3.50. The molecule has 0 saturated heterocycles. The molecule has 3 aromatic carbocycles. The number of rotatable bonds is 6. The number of carbonyl (C=O) groups is 2. The third kappa shape index (κ3) is 4.24. The van der Waals surface area contributed by atoms with Crippen LogP contribution in [0.1, 0.15) is 58.0 Å². The van der Waals surface area contributed by atoms with Gasteiger partial charge in [-0.25, -0.2) is 9.78 Å². The summed E-state index contributed by atoms with van der Waals surface area (Å²) in [4.78, 5) is 29.1. The minimum absolute atomic E-state index is 0.141. The van der Waals surface area contributed by atoms with E-state index in [-0.39, 0.29) is 11.5 Å². The first kappa shape index (κ1) is 20.9. The molecule has 0 bridgehead atoms. The number of aromatic carboxylic acids is 1. The number of carboxylic acid groups (broad SMARTS) is 1. The van der Waals surface area contributed by atoms with Gasteiger partial charge in [-0.2, -0.15) is 0 Å². The first-order chi connectivity index (χ1) is 16.1. The Balaban J connectivity index is 1.51. The molecule has 5 rings (SSSR count). The van der Waals surface area contributed by atoms with E-state index in [1.165, 1.54) is 12.8 Å². The molecule has 0 radical (unpaired) electrons. The van der Waals surface area contributed by atoms with Crippen molar-refractivity contribution in [3.63, 3.8) is 0 Å². The molecule has 6 heteroatoms. The van der Waals surface area contributed by atoms with E-state index in [0.717, 1.165) is 35.3 Å². The summed E-state index contributed by atoms with van der Waals surface area (Å²) in [6.45, 7) is 0.461. The predicted octanol–water partition coefficient (Wildman–Crippen LogP) is 5.45. The summed E-state index contributed by atoms with van der Waals surface area (Å²) in [6.07, 6.45) is 4.46. The molecule has 33 heavy (non-hydrogen) atoms. The maximum Gasteiger partial charge on any atom is 0.335 e. The van der Waals surface area contributed by atoms with Gasteiger partial charge in [0.1, 0.15) is 5.82 Å². The average molecular weight is 440 g/mol. The van der Waals surface area contributed by atoms with Crippen molar-refractivity contribution in [2.24, 2.45) is 0 Å². The van der Waals surface area contributed by atoms with E-state index < -0.39 is 5.97 Å². The van der Waals surface area contributed by atoms with Gasteiger partial charge in [0, 0.05) is 23.7 Å². The van der Waals surface area contributed by atoms with Gasteiger partial charge in [-0.05, 0) is 48.7 Å². The summed E-state index contributed by atoms with van der Waals surface area (Å²) in [5, 5.41) is 12.4. The van der Waals surface area contributed by atoms with Crippen LogP contribution >= 0.6 is 0 Å². The van der Waals surface area contributed by atoms with Gasteiger partial charge in [0.15, 0.2) is 0 Å². The molecule has 4 aromatic rings. The standard InChI is InChI=1S/C27H25N3O3/c31-26(28-17-18-7-2-1-3-8-18)20-10-6-9-19(15-20)25-29-23-16-21(27(32)33)13-14-24(23)30(25)22-11-4-5-12-22/h1-3,6-10,13-16,22H,4-5,11-12,17H2,(H,28,31)(H,32,33). The summed E-state index contributed by atoms with van der Waals surface area (Å²) in [5.74, 6) is -0.333. The van der Waals surface area contributed by atoms with E-state index in [9.17, 15) is 14.7 Å². The molecular formula is C27H25N3O3. The normalized spacial score (nSPS) is 13.9. The molecule has 0 unspecified atom stereocenters. The van der Waals surface area contributed by atoms with Gasteiger partial charge in [0.05, 0.1) is 16.6 Å². The van der Waals surface area contributed by atoms with Gasteiger partial charge in [0.2, 0.25) is 0 Å². The van der Waals surface area contributed by atoms with Crippen LogP contribution in [-0.2, 0) is 6.54 Å². The zero-order valence-corrected chi connectivity index (χ0v) is 18.2. The van der Waals surface area contributed by atoms with Crippen LogP contribution in [0, 0.1) is 0 Å². The van der Waals surface area contributed by atoms with E-state index in [2.05, 4.69) is 9.88 Å². The highest BCUT2D eigenvalue weighted by Crippen LogP contribution is 2.37. The highest BCUT2D eigenvalue weighted by Gasteiger charge is 2.24. The molecule has 1 heterocycles. The second-order valence-corrected chi connectivity index (χ2v) is 8.50. The lowest BCUT2D eigenvalue weighted by atomic mass is 10.1. The smallest absolute Gasteiger partial charge is 0.335 e. The van der Waals surface area contributed by atoms with Crippen molar-refractivity contribution in [1.82, 2.24) is 14.9 Å². The molecule has 1 aliphatic carbocycles. The Morgan fingerprint density at radius 3 is 2.48 bits per heavy atom. The number of fused-ring (bicyclic) bond motifs is 1. The van der Waals surface area contributed by atoms with Crippen molar-refractivity contribution >= 4 is 22.9 Å². The second-order valence-electron chi connectivity index (χ2n) is 8.50. The lowest BCUT2D eigenvalue weighted by Crippen LogP contribution is -2.22. The van der Waals surface area contributed by atoms with Crippen molar-refractivity contribution in [3.8, 4) is 11.4 Å². The first-order valence-corrected chi connectivity index (χ1v) is 11.3. The first-order valence-electron chi connectivity index (χ1n) is 11.3. The summed E-state index contributed by atoms with van der Waals surface area (Å²) >= 11 is 0. The lowest BCUT2D eigenvalue weighted by Gasteiger charge is -2.17. The third-order valence-corrected chi connectivity index (χ3v) is 6.31. The van der Waals surface area contributed by atoms with Crippen molar-refractivity contribution in [2.75, 3.05) is 0 Å². The Hall–Kier alpha value is -3.93. The largest absolute Gasteiger partial charge is 0.478 e. The number of amides is 1. The SMILES string of the molecule is O=C(O)c1ccc2c(c1)nc(-c1cccc(C(=O)NCc3ccccc3)c1)n2C1CCCC1. The summed E-state index contributed by atoms with van der Waals surface area (Å²) in [5.41, 5.74) is 4.28. The molecule has 1 aromatic heterocycles. The van der Waals surface area contributed by atoms with E-state index >= 15 is 0 Å². The van der Waals surface area contributed by atoms with Gasteiger partial charge in [0.25, 0.3) is 5.91 Å². The summed E-state index contributed by atoms with van der Waals surface area (Å²) in [6, 6.07) is 22.7. The molecule has 1 fully saturated rings. The van der Waals surface area contributed by atoms with E-state index in [1.807, 2.05) is 54.6 Å². The number of carbonyl (C=O) groups excluding carboxylic acids is 1. The van der Waals surface area contributed by atoms with Crippen molar-refractivity contribution < 1.29 is 14.7 Å². The number of benzene rings is 3. The Morgan fingerprint density at radius 1 is 0.939 bits per heavy atom. The molecule has 0 atom stereocenters. The maximum absolute atomic E-state index is 12.8. The fourth-order valence-corrected chi connectivity index (χ4v) is 4.65. The zero-order valence-electron chi connectivity index (χ0n) is 18.2. The molecular weight excluding hydrogens is 414 g/mol. The quantitative estimate of drug-likeness (QED) is 0.419. The molecule has 2 N–H and O–H groups in total. The number of hydrogen-bond donors (Lipinski definition) is 2. The second kappa shape index (κ2) is 8.90. The van der Waals surface area contributed by atoms with Gasteiger partial charge in [-0.1, -0.05) is 55.3 Å². The number of nitrogens with zero attached hydrogens (tertiary/aromatic N) is 2. The number of hydrogen-bond acceptors (Lipinski definition) is 3. The van der Waals surface area contributed by atoms with Crippen molar-refractivity contribution in [3.05, 3.63) is 89.5 Å². The van der Waals surface area contributed by atoms with Crippen LogP contribution in [0.3, 0.4) is 0 Å². The Kier molecular flexibility index (Phi) is 5.65. The van der Waals surface area contributed by atoms with Crippen LogP contribution in [-0.4, -0.2) is 26.5 Å².